The van der Waals surface area contributed by atoms with Crippen LogP contribution < -0.4 is 0 Å². The summed E-state index contributed by atoms with van der Waals surface area (Å²) in [6, 6.07) is 48.1. The van der Waals surface area contributed by atoms with Crippen LogP contribution >= 0.6 is 0 Å². The average Bonchev–Trinajstić information content (AvgIpc) is 2.91. The smallest absolute Gasteiger partial charge is 0.0321 e. The van der Waals surface area contributed by atoms with Crippen LogP contribution in [0.4, 0.5) is 0 Å². The number of terminal acetylenes is 1. The van der Waals surface area contributed by atoms with Crippen molar-refractivity contribution in [2.75, 3.05) is 0 Å². The van der Waals surface area contributed by atoms with Crippen LogP contribution in [0.15, 0.2) is 140 Å². The average molecular weight is 433 g/mol. The molecule has 2 aliphatic carbocycles. The maximum absolute atomic E-state index is 5.87. The Morgan fingerprint density at radius 1 is 0.412 bits per heavy atom. The van der Waals surface area contributed by atoms with Crippen LogP contribution in [-0.2, 0) is 0 Å². The summed E-state index contributed by atoms with van der Waals surface area (Å²) in [5.74, 6) is 2.87. The molecule has 0 heteroatoms. The van der Waals surface area contributed by atoms with Gasteiger partial charge in [0.2, 0.25) is 0 Å². The van der Waals surface area contributed by atoms with Gasteiger partial charge in [-0.25, -0.2) is 0 Å². The first kappa shape index (κ1) is 21.3. The zero-order valence-electron chi connectivity index (χ0n) is 18.9. The molecule has 0 bridgehead atoms. The van der Waals surface area contributed by atoms with Gasteiger partial charge in [-0.3, -0.25) is 0 Å². The summed E-state index contributed by atoms with van der Waals surface area (Å²) in [5.41, 5.74) is 10.6. The van der Waals surface area contributed by atoms with Gasteiger partial charge in [-0.1, -0.05) is 139 Å². The summed E-state index contributed by atoms with van der Waals surface area (Å²) in [4.78, 5) is 0. The van der Waals surface area contributed by atoms with Crippen molar-refractivity contribution in [1.82, 2.24) is 0 Å². The highest BCUT2D eigenvalue weighted by molar-refractivity contribution is 6.05. The standard InChI is InChI=1S/C28H20.C6H4/c1-2-22-14-12-13-21-26(22)28(25-19-10-5-11-20-25)27(23-15-6-3-7-16-23)24-17-8-4-9-18-24;1-2-6-4-3-5(1)6/h1,3-21H;1-4H. The van der Waals surface area contributed by atoms with Crippen LogP contribution in [0.3, 0.4) is 0 Å². The Labute approximate surface area is 201 Å². The molecule has 0 aromatic heterocycles. The molecule has 0 unspecified atom stereocenters. The van der Waals surface area contributed by atoms with Gasteiger partial charge in [-0.05, 0) is 50.6 Å². The third-order valence-corrected chi connectivity index (χ3v) is 6.01. The van der Waals surface area contributed by atoms with E-state index in [1.807, 2.05) is 36.4 Å². The van der Waals surface area contributed by atoms with Gasteiger partial charge >= 0.3 is 0 Å². The molecule has 0 saturated heterocycles. The van der Waals surface area contributed by atoms with Crippen molar-refractivity contribution >= 4 is 11.1 Å². The maximum atomic E-state index is 5.87. The molecule has 0 atom stereocenters. The second-order valence-corrected chi connectivity index (χ2v) is 8.12. The molecule has 0 aliphatic heterocycles. The van der Waals surface area contributed by atoms with E-state index < -0.39 is 0 Å². The second kappa shape index (κ2) is 9.90. The van der Waals surface area contributed by atoms with Crippen LogP contribution in [0.1, 0.15) is 27.8 Å². The lowest BCUT2D eigenvalue weighted by Crippen LogP contribution is -1.99. The molecule has 160 valence electrons. The van der Waals surface area contributed by atoms with Gasteiger partial charge < -0.3 is 0 Å². The molecule has 34 heavy (non-hydrogen) atoms. The van der Waals surface area contributed by atoms with Crippen LogP contribution in [0.25, 0.3) is 22.3 Å². The first-order valence-electron chi connectivity index (χ1n) is 11.4. The summed E-state index contributed by atoms with van der Waals surface area (Å²) in [6.07, 6.45) is 5.87. The van der Waals surface area contributed by atoms with E-state index in [1.165, 1.54) is 27.8 Å². The molecular weight excluding hydrogens is 408 g/mol. The molecule has 0 nitrogen and oxygen atoms in total. The van der Waals surface area contributed by atoms with Crippen molar-refractivity contribution in [3.05, 3.63) is 167 Å². The van der Waals surface area contributed by atoms with Crippen molar-refractivity contribution in [3.63, 3.8) is 0 Å². The van der Waals surface area contributed by atoms with Gasteiger partial charge in [-0.2, -0.15) is 0 Å². The topological polar surface area (TPSA) is 0 Å². The number of hydrogen-bond donors (Lipinski definition) is 0. The lowest BCUT2D eigenvalue weighted by molar-refractivity contribution is 1.49. The van der Waals surface area contributed by atoms with Gasteiger partial charge in [0.05, 0.1) is 0 Å². The Morgan fingerprint density at radius 2 is 0.794 bits per heavy atom. The number of hydrogen-bond acceptors (Lipinski definition) is 0. The zero-order chi connectivity index (χ0) is 23.2. The fourth-order valence-electron chi connectivity index (χ4n) is 4.19. The van der Waals surface area contributed by atoms with Gasteiger partial charge in [0.15, 0.2) is 0 Å². The zero-order valence-corrected chi connectivity index (χ0v) is 18.9. The maximum Gasteiger partial charge on any atom is 0.0321 e. The highest BCUT2D eigenvalue weighted by Crippen LogP contribution is 2.37. The minimum Gasteiger partial charge on any atom is -0.115 e. The Bertz CT molecular complexity index is 1390. The number of benzene rings is 5. The summed E-state index contributed by atoms with van der Waals surface area (Å²) < 4.78 is 0. The highest BCUT2D eigenvalue weighted by atomic mass is 14.2. The monoisotopic (exact) mass is 432 g/mol. The molecule has 0 saturated carbocycles. The van der Waals surface area contributed by atoms with Crippen molar-refractivity contribution in [2.45, 2.75) is 0 Å². The Morgan fingerprint density at radius 3 is 1.18 bits per heavy atom. The van der Waals surface area contributed by atoms with E-state index in [2.05, 4.69) is 109 Å². The predicted molar refractivity (Wildman–Crippen MR) is 144 cm³/mol. The minimum atomic E-state index is 0.894. The largest absolute Gasteiger partial charge is 0.115 e. The van der Waals surface area contributed by atoms with E-state index >= 15 is 0 Å². The second-order valence-electron chi connectivity index (χ2n) is 8.12. The molecule has 4 aromatic carbocycles. The Kier molecular flexibility index (Phi) is 6.19. The third-order valence-electron chi connectivity index (χ3n) is 6.01. The number of fused-ring (bicyclic) bond motifs is 1. The minimum absolute atomic E-state index is 0.894. The van der Waals surface area contributed by atoms with E-state index in [0.717, 1.165) is 22.3 Å². The van der Waals surface area contributed by atoms with Gasteiger partial charge in [-0.15, -0.1) is 6.42 Å². The van der Waals surface area contributed by atoms with E-state index in [0.29, 0.717) is 0 Å². The third kappa shape index (κ3) is 4.33. The van der Waals surface area contributed by atoms with Crippen LogP contribution in [0, 0.1) is 12.3 Å². The Balaban J connectivity index is 0.000000343. The van der Waals surface area contributed by atoms with Crippen molar-refractivity contribution in [2.24, 2.45) is 0 Å². The molecular formula is C34H24. The van der Waals surface area contributed by atoms with Gasteiger partial charge in [0, 0.05) is 5.56 Å². The molecule has 0 heterocycles. The molecule has 0 amide bonds. The molecule has 0 spiro atoms. The summed E-state index contributed by atoms with van der Waals surface area (Å²) in [5, 5.41) is 0. The summed E-state index contributed by atoms with van der Waals surface area (Å²) >= 11 is 0. The van der Waals surface area contributed by atoms with Gasteiger partial charge in [0.1, 0.15) is 0 Å². The normalized spacial score (nSPS) is 10.3. The van der Waals surface area contributed by atoms with E-state index in [9.17, 15) is 0 Å². The van der Waals surface area contributed by atoms with Crippen molar-refractivity contribution in [3.8, 4) is 23.5 Å². The van der Waals surface area contributed by atoms with E-state index in [4.69, 9.17) is 6.42 Å². The van der Waals surface area contributed by atoms with Crippen molar-refractivity contribution < 1.29 is 0 Å². The fraction of sp³-hybridized carbons (Fsp3) is 0. The SMILES string of the molecule is C#Cc1ccccc1C(=C(c1ccccc1)c1ccccc1)c1ccccc1.c1cc2ccc1-2. The highest BCUT2D eigenvalue weighted by Gasteiger charge is 2.17. The molecule has 6 rings (SSSR count). The summed E-state index contributed by atoms with van der Waals surface area (Å²) in [7, 11) is 0. The lowest BCUT2D eigenvalue weighted by atomic mass is 9.84. The van der Waals surface area contributed by atoms with Crippen molar-refractivity contribution in [1.29, 1.82) is 0 Å². The quantitative estimate of drug-likeness (QED) is 0.194. The lowest BCUT2D eigenvalue weighted by Gasteiger charge is -2.19. The molecule has 0 fully saturated rings. The number of rotatable bonds is 4. The molecule has 0 radical (unpaired) electrons. The van der Waals surface area contributed by atoms with Crippen LogP contribution in [0.5, 0.6) is 0 Å². The first-order chi connectivity index (χ1) is 16.8. The molecule has 0 N–H and O–H groups in total. The van der Waals surface area contributed by atoms with E-state index in [-0.39, 0.29) is 0 Å². The first-order valence-corrected chi connectivity index (χ1v) is 11.4. The predicted octanol–water partition coefficient (Wildman–Crippen LogP) is 8.34. The fourth-order valence-corrected chi connectivity index (χ4v) is 4.19. The molecule has 4 aromatic rings. The van der Waals surface area contributed by atoms with Gasteiger partial charge in [0.25, 0.3) is 0 Å². The molecule has 2 aliphatic rings. The van der Waals surface area contributed by atoms with E-state index in [1.54, 1.807) is 0 Å². The van der Waals surface area contributed by atoms with Crippen LogP contribution in [-0.4, -0.2) is 0 Å². The van der Waals surface area contributed by atoms with Crippen LogP contribution in [0.2, 0.25) is 0 Å². The Hall–Kier alpha value is -4.60. The summed E-state index contributed by atoms with van der Waals surface area (Å²) in [6.45, 7) is 0.